The molecule has 7 heteroatoms. The van der Waals surface area contributed by atoms with E-state index in [0.717, 1.165) is 29.7 Å². The Hall–Kier alpha value is -4.13. The average Bonchev–Trinajstić information content (AvgIpc) is 3.14. The first-order valence-corrected chi connectivity index (χ1v) is 11.1. The fraction of sp³-hybridized carbons (Fsp3) is 0.222. The van der Waals surface area contributed by atoms with Crippen molar-refractivity contribution < 1.29 is 24.2 Å². The summed E-state index contributed by atoms with van der Waals surface area (Å²) in [5.41, 5.74) is 3.00. The third kappa shape index (κ3) is 3.90. The Balaban J connectivity index is 1.59. The van der Waals surface area contributed by atoms with Crippen LogP contribution in [0.2, 0.25) is 0 Å². The van der Waals surface area contributed by atoms with Crippen LogP contribution in [0.3, 0.4) is 0 Å². The third-order valence-electron chi connectivity index (χ3n) is 6.23. The van der Waals surface area contributed by atoms with E-state index in [-0.39, 0.29) is 17.9 Å². The van der Waals surface area contributed by atoms with Crippen LogP contribution >= 0.6 is 0 Å². The molecule has 1 aromatic heterocycles. The summed E-state index contributed by atoms with van der Waals surface area (Å²) in [6.45, 7) is 0.860. The predicted molar refractivity (Wildman–Crippen MR) is 125 cm³/mol. The van der Waals surface area contributed by atoms with Gasteiger partial charge in [-0.3, -0.25) is 14.6 Å². The van der Waals surface area contributed by atoms with Gasteiger partial charge in [-0.05, 0) is 65.9 Å². The van der Waals surface area contributed by atoms with Gasteiger partial charge in [-0.2, -0.15) is 0 Å². The molecule has 0 saturated carbocycles. The number of hydrogen-bond donors (Lipinski definition) is 1. The molecule has 34 heavy (non-hydrogen) atoms. The number of carbonyl (C=O) groups excluding carboxylic acids is 2. The zero-order valence-corrected chi connectivity index (χ0v) is 18.7. The molecule has 1 fully saturated rings. The monoisotopic (exact) mass is 456 g/mol. The molecule has 1 unspecified atom stereocenters. The Labute approximate surface area is 197 Å². The Kier molecular flexibility index (Phi) is 5.76. The van der Waals surface area contributed by atoms with E-state index in [1.165, 1.54) is 4.90 Å². The van der Waals surface area contributed by atoms with Crippen molar-refractivity contribution in [2.75, 3.05) is 13.7 Å². The summed E-state index contributed by atoms with van der Waals surface area (Å²) < 4.78 is 10.9. The van der Waals surface area contributed by atoms with Crippen LogP contribution in [-0.4, -0.2) is 40.4 Å². The number of pyridine rings is 1. The molecule has 1 amide bonds. The average molecular weight is 456 g/mol. The van der Waals surface area contributed by atoms with Crippen LogP contribution in [0.15, 0.2) is 72.6 Å². The van der Waals surface area contributed by atoms with Gasteiger partial charge in [0.25, 0.3) is 11.7 Å². The third-order valence-corrected chi connectivity index (χ3v) is 6.23. The first kappa shape index (κ1) is 21.7. The highest BCUT2D eigenvalue weighted by atomic mass is 16.5. The number of rotatable bonds is 5. The molecule has 0 radical (unpaired) electrons. The van der Waals surface area contributed by atoms with Gasteiger partial charge in [-0.25, -0.2) is 0 Å². The van der Waals surface area contributed by atoms with Crippen molar-refractivity contribution in [2.24, 2.45) is 0 Å². The van der Waals surface area contributed by atoms with E-state index in [4.69, 9.17) is 9.47 Å². The van der Waals surface area contributed by atoms with E-state index in [1.807, 2.05) is 18.2 Å². The van der Waals surface area contributed by atoms with Crippen LogP contribution in [0.1, 0.15) is 34.7 Å². The second-order valence-electron chi connectivity index (χ2n) is 8.34. The number of ketones is 1. The van der Waals surface area contributed by atoms with E-state index in [0.29, 0.717) is 23.5 Å². The highest BCUT2D eigenvalue weighted by Gasteiger charge is 2.46. The van der Waals surface area contributed by atoms with Gasteiger partial charge in [0.1, 0.15) is 17.3 Å². The van der Waals surface area contributed by atoms with Gasteiger partial charge in [0.15, 0.2) is 0 Å². The van der Waals surface area contributed by atoms with Crippen LogP contribution in [0.25, 0.3) is 5.76 Å². The topological polar surface area (TPSA) is 89.0 Å². The van der Waals surface area contributed by atoms with Gasteiger partial charge in [0.05, 0.1) is 25.3 Å². The van der Waals surface area contributed by atoms with Crippen molar-refractivity contribution in [1.29, 1.82) is 0 Å². The minimum absolute atomic E-state index is 0.0585. The maximum absolute atomic E-state index is 13.2. The highest BCUT2D eigenvalue weighted by molar-refractivity contribution is 6.46. The van der Waals surface area contributed by atoms with E-state index < -0.39 is 17.7 Å². The number of amides is 1. The SMILES string of the molecule is COc1ccc(CN2C(=O)C(=O)/C(=C(\O)c3ccc4c(c3)CCCO4)C2c2cccnc2)cc1. The van der Waals surface area contributed by atoms with Gasteiger partial charge >= 0.3 is 0 Å². The van der Waals surface area contributed by atoms with E-state index in [1.54, 1.807) is 55.9 Å². The van der Waals surface area contributed by atoms with E-state index in [2.05, 4.69) is 4.98 Å². The number of benzene rings is 2. The fourth-order valence-corrected chi connectivity index (χ4v) is 4.52. The number of aliphatic hydroxyl groups excluding tert-OH is 1. The molecule has 0 bridgehead atoms. The van der Waals surface area contributed by atoms with Gasteiger partial charge < -0.3 is 19.5 Å². The Morgan fingerprint density at radius 3 is 2.74 bits per heavy atom. The summed E-state index contributed by atoms with van der Waals surface area (Å²) in [6.07, 6.45) is 4.96. The zero-order valence-electron chi connectivity index (χ0n) is 18.7. The van der Waals surface area contributed by atoms with E-state index in [9.17, 15) is 14.7 Å². The molecule has 1 atom stereocenters. The smallest absolute Gasteiger partial charge is 0.295 e. The molecule has 0 aliphatic carbocycles. The number of nitrogens with zero attached hydrogens (tertiary/aromatic N) is 2. The van der Waals surface area contributed by atoms with Crippen LogP contribution in [0, 0.1) is 0 Å². The minimum Gasteiger partial charge on any atom is -0.507 e. The van der Waals surface area contributed by atoms with Gasteiger partial charge in [-0.15, -0.1) is 0 Å². The Morgan fingerprint density at radius 1 is 1.18 bits per heavy atom. The van der Waals surface area contributed by atoms with Gasteiger partial charge in [-0.1, -0.05) is 18.2 Å². The number of fused-ring (bicyclic) bond motifs is 1. The second kappa shape index (κ2) is 9.02. The molecular weight excluding hydrogens is 432 g/mol. The van der Waals surface area contributed by atoms with Crippen molar-refractivity contribution >= 4 is 17.4 Å². The molecule has 3 heterocycles. The largest absolute Gasteiger partial charge is 0.507 e. The minimum atomic E-state index is -0.761. The van der Waals surface area contributed by atoms with Crippen LogP contribution in [0.4, 0.5) is 0 Å². The van der Waals surface area contributed by atoms with Crippen molar-refractivity contribution in [2.45, 2.75) is 25.4 Å². The number of methoxy groups -OCH3 is 1. The predicted octanol–water partition coefficient (Wildman–Crippen LogP) is 4.04. The number of likely N-dealkylation sites (tertiary alicyclic amines) is 1. The lowest BCUT2D eigenvalue weighted by Crippen LogP contribution is -2.29. The number of aliphatic hydroxyl groups is 1. The summed E-state index contributed by atoms with van der Waals surface area (Å²) in [5.74, 6) is -0.0864. The maximum Gasteiger partial charge on any atom is 0.295 e. The van der Waals surface area contributed by atoms with Crippen molar-refractivity contribution in [3.63, 3.8) is 0 Å². The van der Waals surface area contributed by atoms with Crippen molar-refractivity contribution in [3.8, 4) is 11.5 Å². The van der Waals surface area contributed by atoms with Gasteiger partial charge in [0, 0.05) is 24.5 Å². The van der Waals surface area contributed by atoms with Crippen molar-refractivity contribution in [3.05, 3.63) is 94.8 Å². The summed E-state index contributed by atoms with van der Waals surface area (Å²) in [5, 5.41) is 11.3. The molecule has 1 N–H and O–H groups in total. The lowest BCUT2D eigenvalue weighted by molar-refractivity contribution is -0.140. The molecule has 2 aliphatic rings. The number of ether oxygens (including phenoxy) is 2. The van der Waals surface area contributed by atoms with E-state index >= 15 is 0 Å². The molecule has 2 aromatic carbocycles. The van der Waals surface area contributed by atoms with Crippen LogP contribution < -0.4 is 9.47 Å². The molecule has 7 nitrogen and oxygen atoms in total. The van der Waals surface area contributed by atoms with Crippen LogP contribution in [0.5, 0.6) is 11.5 Å². The number of Topliss-reactive ketones (excluding diaryl/α,β-unsaturated/α-hetero) is 1. The lowest BCUT2D eigenvalue weighted by atomic mass is 9.94. The number of carbonyl (C=O) groups is 2. The first-order valence-electron chi connectivity index (χ1n) is 11.1. The first-order chi connectivity index (χ1) is 16.6. The summed E-state index contributed by atoms with van der Waals surface area (Å²) in [4.78, 5) is 32.0. The fourth-order valence-electron chi connectivity index (χ4n) is 4.52. The Morgan fingerprint density at radius 2 is 2.00 bits per heavy atom. The van der Waals surface area contributed by atoms with Gasteiger partial charge in [0.2, 0.25) is 0 Å². The molecule has 0 spiro atoms. The lowest BCUT2D eigenvalue weighted by Gasteiger charge is -2.25. The zero-order chi connectivity index (χ0) is 23.7. The molecule has 5 rings (SSSR count). The second-order valence-corrected chi connectivity index (χ2v) is 8.34. The molecule has 2 aliphatic heterocycles. The van der Waals surface area contributed by atoms with Crippen LogP contribution in [-0.2, 0) is 22.6 Å². The molecule has 172 valence electrons. The number of aryl methyl sites for hydroxylation is 1. The standard InChI is InChI=1S/C27H24N2O5/c1-33-21-9-6-17(7-10-21)16-29-24(20-4-2-12-28-15-20)23(26(31)27(29)32)25(30)19-8-11-22-18(14-19)5-3-13-34-22/h2,4,6-12,14-15,24,30H,3,5,13,16H2,1H3/b25-23-. The molecule has 1 saturated heterocycles. The normalized spacial score (nSPS) is 19.0. The molecule has 3 aromatic rings. The summed E-state index contributed by atoms with van der Waals surface area (Å²) in [6, 6.07) is 15.5. The summed E-state index contributed by atoms with van der Waals surface area (Å²) >= 11 is 0. The maximum atomic E-state index is 13.2. The van der Waals surface area contributed by atoms with Crippen molar-refractivity contribution in [1.82, 2.24) is 9.88 Å². The molecular formula is C27H24N2O5. The summed E-state index contributed by atoms with van der Waals surface area (Å²) in [7, 11) is 1.59. The Bertz CT molecular complexity index is 1270. The number of hydrogen-bond acceptors (Lipinski definition) is 6. The highest BCUT2D eigenvalue weighted by Crippen LogP contribution is 2.40. The quantitative estimate of drug-likeness (QED) is 0.354. The number of aromatic nitrogens is 1.